The van der Waals surface area contributed by atoms with Gasteiger partial charge < -0.3 is 24.8 Å². The zero-order valence-corrected chi connectivity index (χ0v) is 22.5. The summed E-state index contributed by atoms with van der Waals surface area (Å²) in [5.74, 6) is 1.40. The first kappa shape index (κ1) is 27.8. The third kappa shape index (κ3) is 9.82. The lowest BCUT2D eigenvalue weighted by molar-refractivity contribution is -0.127. The number of ether oxygens (including phenoxy) is 1. The summed E-state index contributed by atoms with van der Waals surface area (Å²) < 4.78 is 5.69. The Labute approximate surface area is 205 Å². The SMILES string of the molecule is CCCNC(=NCC(=O)N(C)C)N1CCC(N(CC2CC2)C(=O)OC(C)(C)C)CC1.I. The number of likely N-dealkylation sites (N-methyl/N-ethyl adjacent to an activating group) is 1. The fourth-order valence-electron chi connectivity index (χ4n) is 3.45. The molecule has 0 aromatic carbocycles. The number of rotatable bonds is 7. The molecule has 0 bridgehead atoms. The minimum atomic E-state index is -0.484. The second-order valence-corrected chi connectivity index (χ2v) is 9.65. The van der Waals surface area contributed by atoms with E-state index in [0.717, 1.165) is 51.4 Å². The molecule has 2 rings (SSSR count). The van der Waals surface area contributed by atoms with Crippen molar-refractivity contribution >= 4 is 41.9 Å². The van der Waals surface area contributed by atoms with Crippen LogP contribution in [0, 0.1) is 5.92 Å². The minimum absolute atomic E-state index is 0. The number of hydrogen-bond acceptors (Lipinski definition) is 4. The van der Waals surface area contributed by atoms with E-state index in [1.165, 1.54) is 12.8 Å². The number of aliphatic imine (C=N–C) groups is 1. The highest BCUT2D eigenvalue weighted by molar-refractivity contribution is 14.0. The van der Waals surface area contributed by atoms with Crippen LogP contribution in [0.25, 0.3) is 0 Å². The molecule has 2 fully saturated rings. The van der Waals surface area contributed by atoms with Crippen LogP contribution in [-0.2, 0) is 9.53 Å². The summed E-state index contributed by atoms with van der Waals surface area (Å²) in [5.41, 5.74) is -0.484. The molecule has 0 radical (unpaired) electrons. The standard InChI is InChI=1S/C22H41N5O3.HI/c1-7-12-23-20(24-15-19(28)25(5)6)26-13-10-18(11-14-26)27(16-17-8-9-17)21(29)30-22(2,3)4;/h17-18H,7-16H2,1-6H3,(H,23,24);1H. The zero-order chi connectivity index (χ0) is 22.3. The Hall–Kier alpha value is -1.26. The number of nitrogens with zero attached hydrogens (tertiary/aromatic N) is 4. The number of carbonyl (C=O) groups excluding carboxylic acids is 2. The Morgan fingerprint density at radius 2 is 1.74 bits per heavy atom. The summed E-state index contributed by atoms with van der Waals surface area (Å²) in [6.45, 7) is 11.2. The van der Waals surface area contributed by atoms with Crippen LogP contribution in [0.1, 0.15) is 59.8 Å². The predicted molar refractivity (Wildman–Crippen MR) is 135 cm³/mol. The Morgan fingerprint density at radius 1 is 1.13 bits per heavy atom. The van der Waals surface area contributed by atoms with Crippen LogP contribution in [0.15, 0.2) is 4.99 Å². The molecule has 1 heterocycles. The van der Waals surface area contributed by atoms with Gasteiger partial charge in [-0.25, -0.2) is 9.79 Å². The quantitative estimate of drug-likeness (QED) is 0.299. The summed E-state index contributed by atoms with van der Waals surface area (Å²) in [7, 11) is 3.49. The second-order valence-electron chi connectivity index (χ2n) is 9.65. The number of halogens is 1. The van der Waals surface area contributed by atoms with Crippen molar-refractivity contribution in [3.8, 4) is 0 Å². The summed E-state index contributed by atoms with van der Waals surface area (Å²) in [4.78, 5) is 35.1. The third-order valence-electron chi connectivity index (χ3n) is 5.38. The zero-order valence-electron chi connectivity index (χ0n) is 20.1. The number of nitrogens with one attached hydrogen (secondary N) is 1. The van der Waals surface area contributed by atoms with Gasteiger partial charge in [0.2, 0.25) is 5.91 Å². The molecule has 1 aliphatic heterocycles. The van der Waals surface area contributed by atoms with E-state index in [-0.39, 0.29) is 48.6 Å². The first-order valence-corrected chi connectivity index (χ1v) is 11.3. The summed E-state index contributed by atoms with van der Waals surface area (Å²) in [6, 6.07) is 0.188. The van der Waals surface area contributed by atoms with Crippen molar-refractivity contribution in [1.29, 1.82) is 0 Å². The van der Waals surface area contributed by atoms with Crippen molar-refractivity contribution in [3.05, 3.63) is 0 Å². The topological polar surface area (TPSA) is 77.5 Å². The van der Waals surface area contributed by atoms with Gasteiger partial charge in [-0.15, -0.1) is 24.0 Å². The van der Waals surface area contributed by atoms with Gasteiger partial charge in [0.05, 0.1) is 0 Å². The molecule has 1 saturated carbocycles. The molecule has 0 aromatic rings. The van der Waals surface area contributed by atoms with Crippen LogP contribution in [0.3, 0.4) is 0 Å². The molecule has 8 nitrogen and oxygen atoms in total. The van der Waals surface area contributed by atoms with Crippen molar-refractivity contribution < 1.29 is 14.3 Å². The van der Waals surface area contributed by atoms with E-state index in [1.54, 1.807) is 19.0 Å². The Morgan fingerprint density at radius 3 is 2.23 bits per heavy atom. The molecule has 0 aromatic heterocycles. The first-order chi connectivity index (χ1) is 14.1. The fourth-order valence-corrected chi connectivity index (χ4v) is 3.45. The number of amides is 2. The maximum Gasteiger partial charge on any atom is 0.410 e. The monoisotopic (exact) mass is 551 g/mol. The molecular weight excluding hydrogens is 509 g/mol. The van der Waals surface area contributed by atoms with Gasteiger partial charge in [0.15, 0.2) is 5.96 Å². The van der Waals surface area contributed by atoms with Crippen molar-refractivity contribution in [1.82, 2.24) is 20.0 Å². The van der Waals surface area contributed by atoms with E-state index in [0.29, 0.717) is 5.92 Å². The maximum absolute atomic E-state index is 12.8. The highest BCUT2D eigenvalue weighted by Gasteiger charge is 2.35. The summed E-state index contributed by atoms with van der Waals surface area (Å²) in [6.07, 6.45) is 4.96. The molecule has 9 heteroatoms. The van der Waals surface area contributed by atoms with Crippen LogP contribution in [0.2, 0.25) is 0 Å². The van der Waals surface area contributed by atoms with Crippen LogP contribution < -0.4 is 5.32 Å². The van der Waals surface area contributed by atoms with Crippen molar-refractivity contribution in [3.63, 3.8) is 0 Å². The van der Waals surface area contributed by atoms with Gasteiger partial charge in [-0.05, 0) is 58.8 Å². The van der Waals surface area contributed by atoms with Gasteiger partial charge in [0.1, 0.15) is 12.1 Å². The number of hydrogen-bond donors (Lipinski definition) is 1. The predicted octanol–water partition coefficient (Wildman–Crippen LogP) is 3.16. The van der Waals surface area contributed by atoms with E-state index in [2.05, 4.69) is 22.1 Å². The largest absolute Gasteiger partial charge is 0.444 e. The molecule has 1 aliphatic carbocycles. The highest BCUT2D eigenvalue weighted by atomic mass is 127. The van der Waals surface area contributed by atoms with Gasteiger partial charge in [-0.3, -0.25) is 4.79 Å². The lowest BCUT2D eigenvalue weighted by atomic mass is 10.0. The van der Waals surface area contributed by atoms with Gasteiger partial charge in [0, 0.05) is 46.3 Å². The fraction of sp³-hybridized carbons (Fsp3) is 0.864. The van der Waals surface area contributed by atoms with E-state index in [4.69, 9.17) is 4.74 Å². The summed E-state index contributed by atoms with van der Waals surface area (Å²) in [5, 5.41) is 3.37. The number of piperidine rings is 1. The van der Waals surface area contributed by atoms with Crippen molar-refractivity contribution in [2.24, 2.45) is 10.9 Å². The second kappa shape index (κ2) is 12.7. The molecule has 0 atom stereocenters. The van der Waals surface area contributed by atoms with Gasteiger partial charge >= 0.3 is 6.09 Å². The minimum Gasteiger partial charge on any atom is -0.444 e. The molecule has 2 aliphatic rings. The normalized spacial score (nSPS) is 17.6. The smallest absolute Gasteiger partial charge is 0.410 e. The molecule has 1 saturated heterocycles. The van der Waals surface area contributed by atoms with Crippen LogP contribution in [0.4, 0.5) is 4.79 Å². The summed E-state index contributed by atoms with van der Waals surface area (Å²) >= 11 is 0. The molecular formula is C22H42IN5O3. The number of carbonyl (C=O) groups is 2. The maximum atomic E-state index is 12.8. The molecule has 0 spiro atoms. The van der Waals surface area contributed by atoms with Gasteiger partial charge in [-0.1, -0.05) is 6.92 Å². The number of guanidine groups is 1. The Kier molecular flexibility index (Phi) is 11.4. The van der Waals surface area contributed by atoms with Crippen LogP contribution in [0.5, 0.6) is 0 Å². The molecule has 2 amide bonds. The van der Waals surface area contributed by atoms with Crippen LogP contribution in [-0.4, -0.2) is 91.1 Å². The van der Waals surface area contributed by atoms with Crippen molar-refractivity contribution in [2.45, 2.75) is 71.4 Å². The van der Waals surface area contributed by atoms with E-state index in [1.807, 2.05) is 25.7 Å². The Balaban J connectivity index is 0.00000480. The lowest BCUT2D eigenvalue weighted by Crippen LogP contribution is -2.52. The molecule has 1 N–H and O–H groups in total. The Bertz CT molecular complexity index is 609. The average molecular weight is 552 g/mol. The number of likely N-dealkylation sites (tertiary alicyclic amines) is 1. The van der Waals surface area contributed by atoms with Crippen LogP contribution >= 0.6 is 24.0 Å². The first-order valence-electron chi connectivity index (χ1n) is 11.3. The van der Waals surface area contributed by atoms with Gasteiger partial charge in [-0.2, -0.15) is 0 Å². The van der Waals surface area contributed by atoms with E-state index < -0.39 is 5.60 Å². The van der Waals surface area contributed by atoms with Gasteiger partial charge in [0.25, 0.3) is 0 Å². The third-order valence-corrected chi connectivity index (χ3v) is 5.38. The molecule has 31 heavy (non-hydrogen) atoms. The van der Waals surface area contributed by atoms with E-state index >= 15 is 0 Å². The highest BCUT2D eigenvalue weighted by Crippen LogP contribution is 2.32. The molecule has 180 valence electrons. The average Bonchev–Trinajstić information content (AvgIpc) is 3.49. The lowest BCUT2D eigenvalue weighted by Gasteiger charge is -2.40. The van der Waals surface area contributed by atoms with E-state index in [9.17, 15) is 9.59 Å². The van der Waals surface area contributed by atoms with Crippen molar-refractivity contribution in [2.75, 3.05) is 46.8 Å². The molecule has 0 unspecified atom stereocenters.